The molecule has 0 atom stereocenters. The monoisotopic (exact) mass is 188 g/mol. The van der Waals surface area contributed by atoms with Crippen molar-refractivity contribution in [3.05, 3.63) is 48.3 Å². The molecule has 14 heavy (non-hydrogen) atoms. The minimum absolute atomic E-state index is 0.668. The van der Waals surface area contributed by atoms with Crippen LogP contribution in [0, 0.1) is 0 Å². The van der Waals surface area contributed by atoms with E-state index in [0.717, 1.165) is 0 Å². The molecule has 2 aromatic heterocycles. The van der Waals surface area contributed by atoms with Crippen molar-refractivity contribution in [2.75, 3.05) is 0 Å². The van der Waals surface area contributed by atoms with Gasteiger partial charge in [-0.25, -0.2) is 0 Å². The van der Waals surface area contributed by atoms with E-state index in [4.69, 9.17) is 8.83 Å². The smallest absolute Gasteiger partial charge is 0.146 e. The highest BCUT2D eigenvalue weighted by Gasteiger charge is 1.87. The van der Waals surface area contributed by atoms with E-state index in [1.807, 2.05) is 0 Å². The lowest BCUT2D eigenvalue weighted by Crippen LogP contribution is -1.74. The Hall–Kier alpha value is -2.10. The summed E-state index contributed by atoms with van der Waals surface area (Å²) in [6.45, 7) is 0. The largest absolute Gasteiger partial charge is 0.463 e. The Labute approximate surface area is 80.6 Å². The summed E-state index contributed by atoms with van der Waals surface area (Å²) in [5.74, 6) is 1.34. The summed E-state index contributed by atoms with van der Waals surface area (Å²) in [5.41, 5.74) is 0. The Balaban J connectivity index is 1.94. The van der Waals surface area contributed by atoms with Gasteiger partial charge >= 0.3 is 0 Å². The van der Waals surface area contributed by atoms with E-state index in [-0.39, 0.29) is 0 Å². The average Bonchev–Trinajstić information content (AvgIpc) is 2.86. The van der Waals surface area contributed by atoms with E-state index in [1.165, 1.54) is 12.4 Å². The van der Waals surface area contributed by atoms with Gasteiger partial charge in [-0.2, -0.15) is 10.2 Å². The average molecular weight is 188 g/mol. The van der Waals surface area contributed by atoms with Crippen molar-refractivity contribution in [1.82, 2.24) is 0 Å². The van der Waals surface area contributed by atoms with Crippen LogP contribution in [0.2, 0.25) is 0 Å². The highest BCUT2D eigenvalue weighted by molar-refractivity contribution is 5.78. The third-order valence-electron chi connectivity index (χ3n) is 1.52. The van der Waals surface area contributed by atoms with E-state index >= 15 is 0 Å². The SMILES string of the molecule is C(=NN=Cc1ccco1)c1ccco1. The Morgan fingerprint density at radius 1 is 0.857 bits per heavy atom. The molecule has 0 aliphatic rings. The van der Waals surface area contributed by atoms with Crippen LogP contribution in [0.5, 0.6) is 0 Å². The zero-order valence-electron chi connectivity index (χ0n) is 7.33. The van der Waals surface area contributed by atoms with Crippen LogP contribution in [-0.4, -0.2) is 12.4 Å². The zero-order chi connectivity index (χ0) is 9.64. The van der Waals surface area contributed by atoms with Gasteiger partial charge in [-0.05, 0) is 24.3 Å². The first-order valence-electron chi connectivity index (χ1n) is 4.08. The molecule has 0 saturated heterocycles. The molecule has 2 heterocycles. The van der Waals surface area contributed by atoms with Crippen LogP contribution in [0.3, 0.4) is 0 Å². The summed E-state index contributed by atoms with van der Waals surface area (Å²) < 4.78 is 10.0. The third-order valence-corrected chi connectivity index (χ3v) is 1.52. The van der Waals surface area contributed by atoms with Crippen LogP contribution in [-0.2, 0) is 0 Å². The molecule has 0 aliphatic carbocycles. The first-order chi connectivity index (χ1) is 6.95. The molecular weight excluding hydrogens is 180 g/mol. The summed E-state index contributed by atoms with van der Waals surface area (Å²) in [7, 11) is 0. The van der Waals surface area contributed by atoms with Gasteiger partial charge in [-0.1, -0.05) is 0 Å². The molecule has 0 amide bonds. The van der Waals surface area contributed by atoms with Gasteiger partial charge in [0.1, 0.15) is 11.5 Å². The van der Waals surface area contributed by atoms with Crippen LogP contribution in [0.15, 0.2) is 55.8 Å². The number of nitrogens with zero attached hydrogens (tertiary/aromatic N) is 2. The normalized spacial score (nSPS) is 11.7. The standard InChI is InChI=1S/C10H8N2O2/c1-3-9(13-5-1)7-11-12-8-10-4-2-6-14-10/h1-8H. The molecule has 2 aromatic rings. The molecular formula is C10H8N2O2. The number of hydrogen-bond acceptors (Lipinski definition) is 4. The molecule has 0 aromatic carbocycles. The fourth-order valence-electron chi connectivity index (χ4n) is 0.910. The Bertz CT molecular complexity index is 371. The Morgan fingerprint density at radius 2 is 1.36 bits per heavy atom. The van der Waals surface area contributed by atoms with Crippen molar-refractivity contribution >= 4 is 12.4 Å². The second-order valence-corrected chi connectivity index (χ2v) is 2.52. The van der Waals surface area contributed by atoms with Crippen molar-refractivity contribution in [1.29, 1.82) is 0 Å². The molecule has 0 spiro atoms. The van der Waals surface area contributed by atoms with E-state index < -0.39 is 0 Å². The van der Waals surface area contributed by atoms with Crippen molar-refractivity contribution < 1.29 is 8.83 Å². The topological polar surface area (TPSA) is 51.0 Å². The van der Waals surface area contributed by atoms with Gasteiger partial charge in [0.05, 0.1) is 25.0 Å². The molecule has 0 unspecified atom stereocenters. The molecule has 2 rings (SSSR count). The molecule has 70 valence electrons. The number of hydrogen-bond donors (Lipinski definition) is 0. The zero-order valence-corrected chi connectivity index (χ0v) is 7.33. The quantitative estimate of drug-likeness (QED) is 0.548. The van der Waals surface area contributed by atoms with Crippen LogP contribution in [0.1, 0.15) is 11.5 Å². The predicted molar refractivity (Wildman–Crippen MR) is 52.6 cm³/mol. The molecule has 4 nitrogen and oxygen atoms in total. The molecule has 0 aliphatic heterocycles. The van der Waals surface area contributed by atoms with E-state index in [2.05, 4.69) is 10.2 Å². The molecule has 0 bridgehead atoms. The Morgan fingerprint density at radius 3 is 1.71 bits per heavy atom. The second-order valence-electron chi connectivity index (χ2n) is 2.52. The van der Waals surface area contributed by atoms with Crippen LogP contribution < -0.4 is 0 Å². The van der Waals surface area contributed by atoms with Gasteiger partial charge in [0.25, 0.3) is 0 Å². The van der Waals surface area contributed by atoms with Gasteiger partial charge in [0.2, 0.25) is 0 Å². The van der Waals surface area contributed by atoms with Crippen molar-refractivity contribution in [3.63, 3.8) is 0 Å². The molecule has 0 N–H and O–H groups in total. The molecule has 0 radical (unpaired) electrons. The summed E-state index contributed by atoms with van der Waals surface area (Å²) >= 11 is 0. The Kier molecular flexibility index (Phi) is 2.56. The van der Waals surface area contributed by atoms with Gasteiger partial charge in [0, 0.05) is 0 Å². The summed E-state index contributed by atoms with van der Waals surface area (Å²) in [6, 6.07) is 7.17. The third kappa shape index (κ3) is 2.20. The van der Waals surface area contributed by atoms with Gasteiger partial charge in [0.15, 0.2) is 0 Å². The number of furan rings is 2. The fourth-order valence-corrected chi connectivity index (χ4v) is 0.910. The maximum Gasteiger partial charge on any atom is 0.146 e. The summed E-state index contributed by atoms with van der Waals surface area (Å²) in [5, 5.41) is 7.56. The highest BCUT2D eigenvalue weighted by Crippen LogP contribution is 1.97. The summed E-state index contributed by atoms with van der Waals surface area (Å²) in [4.78, 5) is 0. The lowest BCUT2D eigenvalue weighted by atomic mass is 10.5. The lowest BCUT2D eigenvalue weighted by Gasteiger charge is -1.80. The molecule has 0 saturated carbocycles. The lowest BCUT2D eigenvalue weighted by molar-refractivity contribution is 0.559. The van der Waals surface area contributed by atoms with E-state index in [9.17, 15) is 0 Å². The minimum atomic E-state index is 0.668. The second kappa shape index (κ2) is 4.23. The molecule has 4 heteroatoms. The van der Waals surface area contributed by atoms with Crippen molar-refractivity contribution in [2.45, 2.75) is 0 Å². The summed E-state index contributed by atoms with van der Waals surface area (Å²) in [6.07, 6.45) is 6.22. The van der Waals surface area contributed by atoms with Gasteiger partial charge in [-0.3, -0.25) is 0 Å². The fraction of sp³-hybridized carbons (Fsp3) is 0. The van der Waals surface area contributed by atoms with Gasteiger partial charge < -0.3 is 8.83 Å². The van der Waals surface area contributed by atoms with Crippen molar-refractivity contribution in [2.24, 2.45) is 10.2 Å². The van der Waals surface area contributed by atoms with Crippen LogP contribution in [0.4, 0.5) is 0 Å². The van der Waals surface area contributed by atoms with Crippen LogP contribution in [0.25, 0.3) is 0 Å². The first-order valence-corrected chi connectivity index (χ1v) is 4.08. The first kappa shape index (κ1) is 8.50. The van der Waals surface area contributed by atoms with Gasteiger partial charge in [-0.15, -0.1) is 0 Å². The maximum atomic E-state index is 5.02. The minimum Gasteiger partial charge on any atom is -0.463 e. The van der Waals surface area contributed by atoms with E-state index in [1.54, 1.807) is 36.8 Å². The van der Waals surface area contributed by atoms with Crippen LogP contribution >= 0.6 is 0 Å². The van der Waals surface area contributed by atoms with Crippen molar-refractivity contribution in [3.8, 4) is 0 Å². The van der Waals surface area contributed by atoms with E-state index in [0.29, 0.717) is 11.5 Å². The maximum absolute atomic E-state index is 5.02. The molecule has 0 fully saturated rings. The number of rotatable bonds is 3. The predicted octanol–water partition coefficient (Wildman–Crippen LogP) is 2.33. The highest BCUT2D eigenvalue weighted by atomic mass is 16.3.